The molecule has 3 aromatic rings. The molecule has 0 saturated carbocycles. The standard InChI is InChI=1S/C18H14F3N3O2S/c19-18(20,21)17-6-3-15(12-23-17)14-1-4-16(5-2-14)27(25,26)24-11-13-7-9-22-10-8-13/h1-10,12,24H,11H2. The first kappa shape index (κ1) is 19.0. The minimum absolute atomic E-state index is 0.0557. The van der Waals surface area contributed by atoms with Crippen molar-refractivity contribution in [2.24, 2.45) is 0 Å². The Hall–Kier alpha value is -2.78. The van der Waals surface area contributed by atoms with E-state index in [-0.39, 0.29) is 11.4 Å². The van der Waals surface area contributed by atoms with Crippen LogP contribution in [0, 0.1) is 0 Å². The van der Waals surface area contributed by atoms with E-state index in [1.54, 1.807) is 24.5 Å². The summed E-state index contributed by atoms with van der Waals surface area (Å²) >= 11 is 0. The molecule has 27 heavy (non-hydrogen) atoms. The van der Waals surface area contributed by atoms with Crippen molar-refractivity contribution < 1.29 is 21.6 Å². The summed E-state index contributed by atoms with van der Waals surface area (Å²) in [6.07, 6.45) is -0.266. The summed E-state index contributed by atoms with van der Waals surface area (Å²) in [5.41, 5.74) is 0.799. The first-order chi connectivity index (χ1) is 12.8. The molecule has 0 fully saturated rings. The van der Waals surface area contributed by atoms with Crippen LogP contribution in [0.2, 0.25) is 0 Å². The highest BCUT2D eigenvalue weighted by Gasteiger charge is 2.32. The molecule has 0 aliphatic rings. The van der Waals surface area contributed by atoms with Gasteiger partial charge in [0.15, 0.2) is 0 Å². The Bertz CT molecular complexity index is 1000. The van der Waals surface area contributed by atoms with Crippen LogP contribution in [0.4, 0.5) is 13.2 Å². The maximum atomic E-state index is 12.6. The van der Waals surface area contributed by atoms with Gasteiger partial charge in [-0.05, 0) is 41.5 Å². The fourth-order valence-electron chi connectivity index (χ4n) is 2.32. The molecule has 1 aromatic carbocycles. The van der Waals surface area contributed by atoms with Crippen LogP contribution in [-0.2, 0) is 22.7 Å². The molecule has 0 saturated heterocycles. The zero-order valence-corrected chi connectivity index (χ0v) is 14.6. The largest absolute Gasteiger partial charge is 0.433 e. The summed E-state index contributed by atoms with van der Waals surface area (Å²) in [5, 5.41) is 0. The fraction of sp³-hybridized carbons (Fsp3) is 0.111. The first-order valence-corrected chi connectivity index (χ1v) is 9.26. The lowest BCUT2D eigenvalue weighted by atomic mass is 10.1. The summed E-state index contributed by atoms with van der Waals surface area (Å²) in [4.78, 5) is 7.32. The average Bonchev–Trinajstić information content (AvgIpc) is 2.67. The Morgan fingerprint density at radius 3 is 2.07 bits per heavy atom. The fourth-order valence-corrected chi connectivity index (χ4v) is 3.34. The number of aromatic nitrogens is 2. The highest BCUT2D eigenvalue weighted by atomic mass is 32.2. The molecule has 9 heteroatoms. The van der Waals surface area contributed by atoms with Crippen molar-refractivity contribution in [2.75, 3.05) is 0 Å². The van der Waals surface area contributed by atoms with Crippen LogP contribution in [0.15, 0.2) is 72.0 Å². The molecule has 0 unspecified atom stereocenters. The van der Waals surface area contributed by atoms with Crippen LogP contribution in [0.3, 0.4) is 0 Å². The normalized spacial score (nSPS) is 12.1. The number of pyridine rings is 2. The van der Waals surface area contributed by atoms with Crippen LogP contribution in [0.1, 0.15) is 11.3 Å². The molecule has 0 bridgehead atoms. The highest BCUT2D eigenvalue weighted by molar-refractivity contribution is 7.89. The van der Waals surface area contributed by atoms with E-state index in [1.807, 2.05) is 0 Å². The van der Waals surface area contributed by atoms with Crippen molar-refractivity contribution in [3.63, 3.8) is 0 Å². The molecule has 3 rings (SSSR count). The van der Waals surface area contributed by atoms with E-state index in [4.69, 9.17) is 0 Å². The molecule has 140 valence electrons. The quantitative estimate of drug-likeness (QED) is 0.718. The van der Waals surface area contributed by atoms with E-state index in [0.29, 0.717) is 11.1 Å². The lowest BCUT2D eigenvalue weighted by Gasteiger charge is -2.09. The van der Waals surface area contributed by atoms with E-state index in [9.17, 15) is 21.6 Å². The monoisotopic (exact) mass is 393 g/mol. The molecular formula is C18H14F3N3O2S. The smallest absolute Gasteiger partial charge is 0.265 e. The van der Waals surface area contributed by atoms with Crippen LogP contribution in [-0.4, -0.2) is 18.4 Å². The third kappa shape index (κ3) is 4.69. The number of sulfonamides is 1. The molecule has 5 nitrogen and oxygen atoms in total. The molecule has 0 aliphatic carbocycles. The van der Waals surface area contributed by atoms with E-state index in [1.165, 1.54) is 30.3 Å². The zero-order valence-electron chi connectivity index (χ0n) is 13.8. The molecule has 0 radical (unpaired) electrons. The van der Waals surface area contributed by atoms with Gasteiger partial charge >= 0.3 is 6.18 Å². The molecule has 2 heterocycles. The molecule has 1 N–H and O–H groups in total. The van der Waals surface area contributed by atoms with Gasteiger partial charge in [-0.2, -0.15) is 13.2 Å². The Morgan fingerprint density at radius 2 is 1.52 bits per heavy atom. The van der Waals surface area contributed by atoms with Gasteiger partial charge in [0.25, 0.3) is 0 Å². The molecule has 0 aliphatic heterocycles. The second kappa shape index (κ2) is 7.45. The van der Waals surface area contributed by atoms with E-state index >= 15 is 0 Å². The number of nitrogens with one attached hydrogen (secondary N) is 1. The van der Waals surface area contributed by atoms with E-state index in [2.05, 4.69) is 14.7 Å². The van der Waals surface area contributed by atoms with Gasteiger partial charge in [0, 0.05) is 30.7 Å². The van der Waals surface area contributed by atoms with Crippen LogP contribution in [0.25, 0.3) is 11.1 Å². The minimum Gasteiger partial charge on any atom is -0.265 e. The second-order valence-electron chi connectivity index (χ2n) is 5.63. The third-order valence-corrected chi connectivity index (χ3v) is 5.18. The Labute approximate surface area is 154 Å². The molecule has 0 spiro atoms. The van der Waals surface area contributed by atoms with Gasteiger partial charge in [0.2, 0.25) is 10.0 Å². The van der Waals surface area contributed by atoms with Gasteiger partial charge < -0.3 is 0 Å². The van der Waals surface area contributed by atoms with Crippen molar-refractivity contribution in [1.29, 1.82) is 0 Å². The number of alkyl halides is 3. The highest BCUT2D eigenvalue weighted by Crippen LogP contribution is 2.29. The summed E-state index contributed by atoms with van der Waals surface area (Å²) in [6.45, 7) is 0.120. The van der Waals surface area contributed by atoms with Crippen molar-refractivity contribution in [2.45, 2.75) is 17.6 Å². The predicted molar refractivity (Wildman–Crippen MR) is 92.9 cm³/mol. The van der Waals surface area contributed by atoms with Gasteiger partial charge in [0.05, 0.1) is 4.90 Å². The Balaban J connectivity index is 1.74. The van der Waals surface area contributed by atoms with Crippen molar-refractivity contribution >= 4 is 10.0 Å². The lowest BCUT2D eigenvalue weighted by molar-refractivity contribution is -0.141. The molecule has 0 amide bonds. The van der Waals surface area contributed by atoms with Gasteiger partial charge in [-0.25, -0.2) is 13.1 Å². The number of nitrogens with zero attached hydrogens (tertiary/aromatic N) is 2. The number of halogens is 3. The van der Waals surface area contributed by atoms with Crippen molar-refractivity contribution in [3.8, 4) is 11.1 Å². The first-order valence-electron chi connectivity index (χ1n) is 7.78. The summed E-state index contributed by atoms with van der Waals surface area (Å²) in [6, 6.07) is 11.4. The molecular weight excluding hydrogens is 379 g/mol. The van der Waals surface area contributed by atoms with Crippen molar-refractivity contribution in [3.05, 3.63) is 78.4 Å². The third-order valence-electron chi connectivity index (χ3n) is 3.77. The van der Waals surface area contributed by atoms with Crippen LogP contribution in [0.5, 0.6) is 0 Å². The van der Waals surface area contributed by atoms with Gasteiger partial charge in [0.1, 0.15) is 5.69 Å². The summed E-state index contributed by atoms with van der Waals surface area (Å²) in [5.74, 6) is 0. The average molecular weight is 393 g/mol. The van der Waals surface area contributed by atoms with Gasteiger partial charge in [-0.3, -0.25) is 9.97 Å². The number of benzene rings is 1. The van der Waals surface area contributed by atoms with Crippen LogP contribution < -0.4 is 4.72 Å². The number of hydrogen-bond acceptors (Lipinski definition) is 4. The van der Waals surface area contributed by atoms with E-state index < -0.39 is 21.9 Å². The second-order valence-corrected chi connectivity index (χ2v) is 7.40. The lowest BCUT2D eigenvalue weighted by Crippen LogP contribution is -2.23. The van der Waals surface area contributed by atoms with Gasteiger partial charge in [-0.1, -0.05) is 18.2 Å². The molecule has 0 atom stereocenters. The number of rotatable bonds is 5. The molecule has 2 aromatic heterocycles. The SMILES string of the molecule is O=S(=O)(NCc1ccncc1)c1ccc(-c2ccc(C(F)(F)F)nc2)cc1. The zero-order chi connectivity index (χ0) is 19.5. The van der Waals surface area contributed by atoms with Gasteiger partial charge in [-0.15, -0.1) is 0 Å². The number of hydrogen-bond donors (Lipinski definition) is 1. The Kier molecular flexibility index (Phi) is 5.24. The van der Waals surface area contributed by atoms with Crippen molar-refractivity contribution in [1.82, 2.24) is 14.7 Å². The summed E-state index contributed by atoms with van der Waals surface area (Å²) in [7, 11) is -3.72. The predicted octanol–water partition coefficient (Wildman–Crippen LogP) is 3.64. The van der Waals surface area contributed by atoms with Crippen LogP contribution >= 0.6 is 0 Å². The maximum absolute atomic E-state index is 12.6. The maximum Gasteiger partial charge on any atom is 0.433 e. The topological polar surface area (TPSA) is 72.0 Å². The minimum atomic E-state index is -4.50. The van der Waals surface area contributed by atoms with E-state index in [0.717, 1.165) is 17.8 Å². The summed E-state index contributed by atoms with van der Waals surface area (Å²) < 4.78 is 64.9. The Morgan fingerprint density at radius 1 is 0.889 bits per heavy atom.